The number of furan rings is 1. The summed E-state index contributed by atoms with van der Waals surface area (Å²) in [6, 6.07) is 10.9. The summed E-state index contributed by atoms with van der Waals surface area (Å²) in [6.07, 6.45) is 1.72. The molecule has 108 valence electrons. The van der Waals surface area contributed by atoms with E-state index in [0.717, 1.165) is 11.5 Å². The van der Waals surface area contributed by atoms with Gasteiger partial charge in [0.1, 0.15) is 11.4 Å². The van der Waals surface area contributed by atoms with Gasteiger partial charge in [-0.05, 0) is 47.2 Å². The van der Waals surface area contributed by atoms with Crippen molar-refractivity contribution in [2.24, 2.45) is 0 Å². The van der Waals surface area contributed by atoms with Gasteiger partial charge in [-0.15, -0.1) is 0 Å². The van der Waals surface area contributed by atoms with E-state index in [1.165, 1.54) is 4.40 Å². The molecule has 0 N–H and O–H groups in total. The number of halogens is 1. The first-order valence-corrected chi connectivity index (χ1v) is 7.31. The van der Waals surface area contributed by atoms with Gasteiger partial charge in [0, 0.05) is 18.8 Å². The summed E-state index contributed by atoms with van der Waals surface area (Å²) >= 11 is 3.28. The molecule has 0 radical (unpaired) electrons. The molecule has 0 aliphatic heterocycles. The smallest absolute Gasteiger partial charge is 0.258 e. The van der Waals surface area contributed by atoms with Crippen LogP contribution < -0.4 is 5.56 Å². The fourth-order valence-corrected chi connectivity index (χ4v) is 2.56. The highest BCUT2D eigenvalue weighted by Crippen LogP contribution is 2.15. The van der Waals surface area contributed by atoms with Crippen LogP contribution in [0.25, 0.3) is 5.65 Å². The number of rotatable bonds is 4. The highest BCUT2D eigenvalue weighted by atomic mass is 79.9. The predicted octanol–water partition coefficient (Wildman–Crippen LogP) is 2.68. The fraction of sp³-hybridized carbons (Fsp3) is 0.200. The SMILES string of the molecule is CN(Cc1cc(=O)n2ccccc2n1)Cc1ccc(Br)o1. The molecule has 0 saturated heterocycles. The maximum absolute atomic E-state index is 12.0. The molecule has 3 rings (SSSR count). The maximum atomic E-state index is 12.0. The second-order valence-electron chi connectivity index (χ2n) is 4.89. The van der Waals surface area contributed by atoms with Crippen LogP contribution in [0.2, 0.25) is 0 Å². The largest absolute Gasteiger partial charge is 0.453 e. The highest BCUT2D eigenvalue weighted by Gasteiger charge is 2.08. The lowest BCUT2D eigenvalue weighted by Crippen LogP contribution is -2.21. The van der Waals surface area contributed by atoms with E-state index < -0.39 is 0 Å². The third kappa shape index (κ3) is 3.22. The van der Waals surface area contributed by atoms with Crippen LogP contribution in [0, 0.1) is 0 Å². The zero-order chi connectivity index (χ0) is 14.8. The maximum Gasteiger partial charge on any atom is 0.258 e. The van der Waals surface area contributed by atoms with Crippen molar-refractivity contribution < 1.29 is 4.42 Å². The third-order valence-electron chi connectivity index (χ3n) is 3.11. The standard InChI is InChI=1S/C15H14BrN3O2/c1-18(10-12-5-6-13(16)21-12)9-11-8-15(20)19-7-3-2-4-14(19)17-11/h2-8H,9-10H2,1H3. The first-order chi connectivity index (χ1) is 10.1. The van der Waals surface area contributed by atoms with Crippen LogP contribution in [0.1, 0.15) is 11.5 Å². The molecule has 3 aromatic heterocycles. The van der Waals surface area contributed by atoms with Gasteiger partial charge in [0.15, 0.2) is 4.67 Å². The van der Waals surface area contributed by atoms with E-state index in [9.17, 15) is 4.79 Å². The number of aromatic nitrogens is 2. The van der Waals surface area contributed by atoms with Gasteiger partial charge in [-0.3, -0.25) is 14.1 Å². The Morgan fingerprint density at radius 3 is 2.90 bits per heavy atom. The highest BCUT2D eigenvalue weighted by molar-refractivity contribution is 9.10. The lowest BCUT2D eigenvalue weighted by molar-refractivity contribution is 0.282. The van der Waals surface area contributed by atoms with Crippen LogP contribution in [-0.2, 0) is 13.1 Å². The second kappa shape index (κ2) is 5.83. The van der Waals surface area contributed by atoms with Crippen molar-refractivity contribution in [2.75, 3.05) is 7.05 Å². The van der Waals surface area contributed by atoms with E-state index in [-0.39, 0.29) is 5.56 Å². The molecular weight excluding hydrogens is 334 g/mol. The van der Waals surface area contributed by atoms with Crippen LogP contribution in [0.4, 0.5) is 0 Å². The Hall–Kier alpha value is -1.92. The second-order valence-corrected chi connectivity index (χ2v) is 5.67. The van der Waals surface area contributed by atoms with E-state index in [4.69, 9.17) is 4.42 Å². The van der Waals surface area contributed by atoms with Crippen molar-refractivity contribution in [1.29, 1.82) is 0 Å². The summed E-state index contributed by atoms with van der Waals surface area (Å²) in [6.45, 7) is 1.24. The van der Waals surface area contributed by atoms with Gasteiger partial charge in [-0.25, -0.2) is 4.98 Å². The number of hydrogen-bond donors (Lipinski definition) is 0. The minimum absolute atomic E-state index is 0.0651. The Morgan fingerprint density at radius 1 is 1.29 bits per heavy atom. The van der Waals surface area contributed by atoms with E-state index in [0.29, 0.717) is 23.4 Å². The molecule has 0 atom stereocenters. The molecule has 0 aromatic carbocycles. The van der Waals surface area contributed by atoms with Crippen molar-refractivity contribution >= 4 is 21.6 Å². The van der Waals surface area contributed by atoms with Crippen molar-refractivity contribution in [3.05, 3.63) is 69.1 Å². The molecule has 0 amide bonds. The predicted molar refractivity (Wildman–Crippen MR) is 83.0 cm³/mol. The zero-order valence-corrected chi connectivity index (χ0v) is 13.1. The van der Waals surface area contributed by atoms with E-state index in [1.807, 2.05) is 42.3 Å². The van der Waals surface area contributed by atoms with Crippen molar-refractivity contribution in [3.63, 3.8) is 0 Å². The van der Waals surface area contributed by atoms with Gasteiger partial charge in [-0.1, -0.05) is 6.07 Å². The Labute approximate surface area is 130 Å². The number of fused-ring (bicyclic) bond motifs is 1. The molecule has 5 nitrogen and oxygen atoms in total. The summed E-state index contributed by atoms with van der Waals surface area (Å²) in [5.74, 6) is 0.863. The van der Waals surface area contributed by atoms with E-state index in [1.54, 1.807) is 12.3 Å². The monoisotopic (exact) mass is 347 g/mol. The average Bonchev–Trinajstić information content (AvgIpc) is 2.84. The molecule has 0 unspecified atom stereocenters. The number of pyridine rings is 1. The van der Waals surface area contributed by atoms with Crippen molar-refractivity contribution in [3.8, 4) is 0 Å². The van der Waals surface area contributed by atoms with Crippen LogP contribution >= 0.6 is 15.9 Å². The molecule has 0 aliphatic carbocycles. The van der Waals surface area contributed by atoms with Gasteiger partial charge in [-0.2, -0.15) is 0 Å². The van der Waals surface area contributed by atoms with E-state index in [2.05, 4.69) is 20.9 Å². The van der Waals surface area contributed by atoms with Crippen LogP contribution in [0.15, 0.2) is 56.5 Å². The lowest BCUT2D eigenvalue weighted by Gasteiger charge is -2.14. The molecule has 0 fully saturated rings. The summed E-state index contributed by atoms with van der Waals surface area (Å²) < 4.78 is 7.73. The minimum Gasteiger partial charge on any atom is -0.453 e. The first-order valence-electron chi connectivity index (χ1n) is 6.52. The molecular formula is C15H14BrN3O2. The topological polar surface area (TPSA) is 50.8 Å². The van der Waals surface area contributed by atoms with Crippen molar-refractivity contribution in [2.45, 2.75) is 13.1 Å². The van der Waals surface area contributed by atoms with Gasteiger partial charge in [0.2, 0.25) is 0 Å². The summed E-state index contributed by atoms with van der Waals surface area (Å²) in [5.41, 5.74) is 1.35. The minimum atomic E-state index is -0.0651. The number of hydrogen-bond acceptors (Lipinski definition) is 4. The Kier molecular flexibility index (Phi) is 3.90. The molecule has 3 aromatic rings. The van der Waals surface area contributed by atoms with Crippen molar-refractivity contribution in [1.82, 2.24) is 14.3 Å². The molecule has 0 bridgehead atoms. The molecule has 0 aliphatic rings. The molecule has 3 heterocycles. The van der Waals surface area contributed by atoms with Gasteiger partial charge in [0.05, 0.1) is 12.2 Å². The summed E-state index contributed by atoms with van der Waals surface area (Å²) in [7, 11) is 1.96. The van der Waals surface area contributed by atoms with E-state index >= 15 is 0 Å². The van der Waals surface area contributed by atoms with Crippen LogP contribution in [-0.4, -0.2) is 21.3 Å². The number of nitrogens with zero attached hydrogens (tertiary/aromatic N) is 3. The Balaban J connectivity index is 1.79. The average molecular weight is 348 g/mol. The molecule has 6 heteroatoms. The quantitative estimate of drug-likeness (QED) is 0.728. The first kappa shape index (κ1) is 14.0. The Morgan fingerprint density at radius 2 is 2.14 bits per heavy atom. The van der Waals surface area contributed by atoms with Gasteiger partial charge in [0.25, 0.3) is 5.56 Å². The molecule has 21 heavy (non-hydrogen) atoms. The Bertz CT molecular complexity index is 825. The third-order valence-corrected chi connectivity index (χ3v) is 3.54. The normalized spacial score (nSPS) is 11.4. The van der Waals surface area contributed by atoms with Crippen LogP contribution in [0.3, 0.4) is 0 Å². The molecule has 0 saturated carbocycles. The summed E-state index contributed by atoms with van der Waals surface area (Å²) in [5, 5.41) is 0. The lowest BCUT2D eigenvalue weighted by atomic mass is 10.3. The van der Waals surface area contributed by atoms with Gasteiger partial charge >= 0.3 is 0 Å². The molecule has 0 spiro atoms. The summed E-state index contributed by atoms with van der Waals surface area (Å²) in [4.78, 5) is 18.6. The zero-order valence-electron chi connectivity index (χ0n) is 11.5. The van der Waals surface area contributed by atoms with Gasteiger partial charge < -0.3 is 4.42 Å². The van der Waals surface area contributed by atoms with Crippen LogP contribution in [0.5, 0.6) is 0 Å². The fourth-order valence-electron chi connectivity index (χ4n) is 2.22.